The molecule has 0 saturated heterocycles. The molecule has 0 fully saturated rings. The lowest BCUT2D eigenvalue weighted by molar-refractivity contribution is 0.624. The molecule has 0 bridgehead atoms. The summed E-state index contributed by atoms with van der Waals surface area (Å²) >= 11 is 5.41. The summed E-state index contributed by atoms with van der Waals surface area (Å²) in [6.45, 7) is 0.998. The molecule has 1 unspecified atom stereocenters. The molecule has 0 amide bonds. The van der Waals surface area contributed by atoms with Crippen LogP contribution < -0.4 is 5.32 Å². The molecule has 0 radical (unpaired) electrons. The van der Waals surface area contributed by atoms with Gasteiger partial charge in [0.2, 0.25) is 0 Å². The monoisotopic (exact) mass is 309 g/mol. The van der Waals surface area contributed by atoms with Crippen LogP contribution in [-0.4, -0.2) is 13.6 Å². The van der Waals surface area contributed by atoms with Crippen molar-refractivity contribution in [3.05, 3.63) is 56.7 Å². The van der Waals surface area contributed by atoms with Gasteiger partial charge in [-0.15, -0.1) is 0 Å². The van der Waals surface area contributed by atoms with Crippen LogP contribution in [0.5, 0.6) is 0 Å². The molecule has 1 N–H and O–H groups in total. The van der Waals surface area contributed by atoms with Crippen molar-refractivity contribution in [2.24, 2.45) is 0 Å². The summed E-state index contributed by atoms with van der Waals surface area (Å²) in [5.74, 6) is 0.519. The number of hydrogen-bond donors (Lipinski definition) is 1. The quantitative estimate of drug-likeness (QED) is 0.878. The number of hydrogen-bond acceptors (Lipinski definition) is 2. The van der Waals surface area contributed by atoms with Crippen molar-refractivity contribution in [3.8, 4) is 0 Å². The maximum Gasteiger partial charge on any atom is 0.0210 e. The van der Waals surface area contributed by atoms with E-state index < -0.39 is 0 Å². The number of halogens is 1. The van der Waals surface area contributed by atoms with Crippen LogP contribution in [0.4, 0.5) is 0 Å². The van der Waals surface area contributed by atoms with Gasteiger partial charge in [-0.3, -0.25) is 0 Å². The molecule has 0 saturated carbocycles. The number of likely N-dealkylation sites (N-methyl/N-ethyl adjacent to an activating group) is 1. The van der Waals surface area contributed by atoms with Gasteiger partial charge in [-0.05, 0) is 47.5 Å². The highest BCUT2D eigenvalue weighted by Crippen LogP contribution is 2.27. The number of nitrogens with one attached hydrogen (secondary N) is 1. The Morgan fingerprint density at radius 1 is 1.29 bits per heavy atom. The first-order chi connectivity index (χ1) is 8.31. The zero-order valence-corrected chi connectivity index (χ0v) is 12.2. The van der Waals surface area contributed by atoms with Gasteiger partial charge >= 0.3 is 0 Å². The molecule has 3 heteroatoms. The van der Waals surface area contributed by atoms with Crippen LogP contribution in [-0.2, 0) is 6.42 Å². The van der Waals surface area contributed by atoms with Crippen molar-refractivity contribution < 1.29 is 0 Å². The third kappa shape index (κ3) is 3.41. The van der Waals surface area contributed by atoms with E-state index in [1.807, 2.05) is 7.05 Å². The zero-order chi connectivity index (χ0) is 12.1. The highest BCUT2D eigenvalue weighted by molar-refractivity contribution is 9.10. The minimum absolute atomic E-state index is 0.519. The standard InChI is InChI=1S/C14H16BrNS/c1-16-9-12(8-11-6-7-17-10-11)13-4-2-3-5-14(13)15/h2-7,10,12,16H,8-9H2,1H3. The molecule has 0 aliphatic carbocycles. The lowest BCUT2D eigenvalue weighted by atomic mass is 9.93. The molecule has 1 nitrogen and oxygen atoms in total. The molecule has 2 rings (SSSR count). The van der Waals surface area contributed by atoms with Gasteiger partial charge in [0.25, 0.3) is 0 Å². The van der Waals surface area contributed by atoms with E-state index in [-0.39, 0.29) is 0 Å². The third-order valence-electron chi connectivity index (χ3n) is 2.86. The summed E-state index contributed by atoms with van der Waals surface area (Å²) in [6, 6.07) is 10.7. The van der Waals surface area contributed by atoms with E-state index in [2.05, 4.69) is 62.3 Å². The minimum Gasteiger partial charge on any atom is -0.319 e. The molecular formula is C14H16BrNS. The Bertz CT molecular complexity index is 453. The zero-order valence-electron chi connectivity index (χ0n) is 9.82. The summed E-state index contributed by atoms with van der Waals surface area (Å²) < 4.78 is 1.20. The Balaban J connectivity index is 2.20. The van der Waals surface area contributed by atoms with E-state index >= 15 is 0 Å². The smallest absolute Gasteiger partial charge is 0.0210 e. The summed E-state index contributed by atoms with van der Waals surface area (Å²) in [7, 11) is 2.01. The second-order valence-corrected chi connectivity index (χ2v) is 5.75. The Morgan fingerprint density at radius 3 is 2.76 bits per heavy atom. The van der Waals surface area contributed by atoms with Gasteiger partial charge in [-0.2, -0.15) is 11.3 Å². The highest BCUT2D eigenvalue weighted by atomic mass is 79.9. The summed E-state index contributed by atoms with van der Waals surface area (Å²) in [5, 5.41) is 7.67. The Morgan fingerprint density at radius 2 is 2.12 bits per heavy atom. The molecule has 0 spiro atoms. The van der Waals surface area contributed by atoms with Crippen LogP contribution in [0.1, 0.15) is 17.0 Å². The lowest BCUT2D eigenvalue weighted by Gasteiger charge is -2.18. The van der Waals surface area contributed by atoms with Gasteiger partial charge in [0.1, 0.15) is 0 Å². The van der Waals surface area contributed by atoms with E-state index in [0.717, 1.165) is 13.0 Å². The van der Waals surface area contributed by atoms with Gasteiger partial charge < -0.3 is 5.32 Å². The fourth-order valence-electron chi connectivity index (χ4n) is 2.04. The van der Waals surface area contributed by atoms with Crippen molar-refractivity contribution in [2.45, 2.75) is 12.3 Å². The normalized spacial score (nSPS) is 12.6. The molecule has 17 heavy (non-hydrogen) atoms. The van der Waals surface area contributed by atoms with E-state index in [9.17, 15) is 0 Å². The predicted octanol–water partition coefficient (Wildman–Crippen LogP) is 4.06. The first kappa shape index (κ1) is 12.8. The third-order valence-corrected chi connectivity index (χ3v) is 4.31. The number of thiophene rings is 1. The molecule has 1 atom stereocenters. The topological polar surface area (TPSA) is 12.0 Å². The maximum absolute atomic E-state index is 3.65. The number of benzene rings is 1. The van der Waals surface area contributed by atoms with Gasteiger partial charge in [0, 0.05) is 16.9 Å². The summed E-state index contributed by atoms with van der Waals surface area (Å²) in [6.07, 6.45) is 1.09. The maximum atomic E-state index is 3.65. The molecule has 0 aliphatic rings. The Kier molecular flexibility index (Phi) is 4.77. The van der Waals surface area contributed by atoms with Crippen LogP contribution in [0.3, 0.4) is 0 Å². The molecule has 0 aliphatic heterocycles. The largest absolute Gasteiger partial charge is 0.319 e. The van der Waals surface area contributed by atoms with Gasteiger partial charge in [0.05, 0.1) is 0 Å². The molecule has 1 aromatic carbocycles. The van der Waals surface area contributed by atoms with Gasteiger partial charge in [-0.25, -0.2) is 0 Å². The minimum atomic E-state index is 0.519. The summed E-state index contributed by atoms with van der Waals surface area (Å²) in [5.41, 5.74) is 2.80. The molecule has 90 valence electrons. The van der Waals surface area contributed by atoms with Crippen molar-refractivity contribution in [1.82, 2.24) is 5.32 Å². The average Bonchev–Trinajstić information content (AvgIpc) is 2.82. The van der Waals surface area contributed by atoms with Crippen molar-refractivity contribution in [1.29, 1.82) is 0 Å². The van der Waals surface area contributed by atoms with Crippen molar-refractivity contribution in [3.63, 3.8) is 0 Å². The van der Waals surface area contributed by atoms with E-state index in [1.165, 1.54) is 15.6 Å². The number of rotatable bonds is 5. The highest BCUT2D eigenvalue weighted by Gasteiger charge is 2.14. The van der Waals surface area contributed by atoms with Gasteiger partial charge in [-0.1, -0.05) is 34.1 Å². The average molecular weight is 310 g/mol. The van der Waals surface area contributed by atoms with E-state index in [1.54, 1.807) is 11.3 Å². The van der Waals surface area contributed by atoms with Crippen LogP contribution >= 0.6 is 27.3 Å². The molecule has 1 heterocycles. The Labute approximate surface area is 115 Å². The fourth-order valence-corrected chi connectivity index (χ4v) is 3.33. The van der Waals surface area contributed by atoms with E-state index in [0.29, 0.717) is 5.92 Å². The lowest BCUT2D eigenvalue weighted by Crippen LogP contribution is -2.19. The van der Waals surface area contributed by atoms with E-state index in [4.69, 9.17) is 0 Å². The molecular weight excluding hydrogens is 294 g/mol. The van der Waals surface area contributed by atoms with Gasteiger partial charge in [0.15, 0.2) is 0 Å². The first-order valence-electron chi connectivity index (χ1n) is 5.71. The fraction of sp³-hybridized carbons (Fsp3) is 0.286. The van der Waals surface area contributed by atoms with Crippen molar-refractivity contribution >= 4 is 27.3 Å². The SMILES string of the molecule is CNCC(Cc1ccsc1)c1ccccc1Br. The van der Waals surface area contributed by atoms with Crippen LogP contribution in [0.25, 0.3) is 0 Å². The first-order valence-corrected chi connectivity index (χ1v) is 7.45. The van der Waals surface area contributed by atoms with Crippen LogP contribution in [0.15, 0.2) is 45.6 Å². The van der Waals surface area contributed by atoms with Crippen molar-refractivity contribution in [2.75, 3.05) is 13.6 Å². The van der Waals surface area contributed by atoms with Crippen LogP contribution in [0, 0.1) is 0 Å². The van der Waals surface area contributed by atoms with Crippen LogP contribution in [0.2, 0.25) is 0 Å². The molecule has 2 aromatic rings. The second-order valence-electron chi connectivity index (χ2n) is 4.11. The Hall–Kier alpha value is -0.640. The summed E-state index contributed by atoms with van der Waals surface area (Å²) in [4.78, 5) is 0. The molecule has 1 aromatic heterocycles. The second kappa shape index (κ2) is 6.34. The predicted molar refractivity (Wildman–Crippen MR) is 78.8 cm³/mol.